The molecule has 0 radical (unpaired) electrons. The number of hydrogen-bond acceptors (Lipinski definition) is 5. The Bertz CT molecular complexity index is 1040. The third-order valence-electron chi connectivity index (χ3n) is 4.32. The van der Waals surface area contributed by atoms with Crippen LogP contribution in [-0.2, 0) is 9.53 Å². The molecule has 0 aliphatic rings. The Kier molecular flexibility index (Phi) is 6.62. The molecule has 146 valence electrons. The molecule has 0 saturated heterocycles. The van der Waals surface area contributed by atoms with E-state index in [-0.39, 0.29) is 12.4 Å². The van der Waals surface area contributed by atoms with Gasteiger partial charge in [-0.15, -0.1) is 0 Å². The maximum Gasteiger partial charge on any atom is 0.379 e. The predicted octanol–water partition coefficient (Wildman–Crippen LogP) is 5.12. The Morgan fingerprint density at radius 1 is 0.793 bits per heavy atom. The summed E-state index contributed by atoms with van der Waals surface area (Å²) in [6.07, 6.45) is 0. The average molecular weight is 404 g/mol. The second-order valence-electron chi connectivity index (χ2n) is 6.34. The lowest BCUT2D eigenvalue weighted by molar-refractivity contribution is -0.137. The summed E-state index contributed by atoms with van der Waals surface area (Å²) in [7, 11) is 0. The molecular formula is C24H20O4S. The van der Waals surface area contributed by atoms with Gasteiger partial charge in [0.1, 0.15) is 0 Å². The number of Topliss-reactive ketones (excluding diaryl/α,β-unsaturated/α-hetero) is 1. The molecule has 3 aromatic carbocycles. The standard InChI is InChI=1S/C24H20O4S/c1-3-28-24(27)23(26)18-10-14-20(15-11-18)29-19-12-8-17(9-13-19)22(25)21-7-5-4-6-16(21)2/h4-15H,3H2,1-2H3. The summed E-state index contributed by atoms with van der Waals surface area (Å²) in [4.78, 5) is 38.0. The van der Waals surface area contributed by atoms with E-state index in [1.165, 1.54) is 11.8 Å². The minimum Gasteiger partial charge on any atom is -0.460 e. The normalized spacial score (nSPS) is 10.4. The monoisotopic (exact) mass is 404 g/mol. The van der Waals surface area contributed by atoms with Crippen molar-refractivity contribution < 1.29 is 19.1 Å². The summed E-state index contributed by atoms with van der Waals surface area (Å²) in [6.45, 7) is 3.75. The van der Waals surface area contributed by atoms with Gasteiger partial charge in [0.05, 0.1) is 6.61 Å². The van der Waals surface area contributed by atoms with Crippen molar-refractivity contribution in [3.8, 4) is 0 Å². The summed E-state index contributed by atoms with van der Waals surface area (Å²) in [5, 5.41) is 0. The van der Waals surface area contributed by atoms with Gasteiger partial charge in [-0.05, 0) is 67.9 Å². The van der Waals surface area contributed by atoms with Crippen molar-refractivity contribution >= 4 is 29.3 Å². The minimum atomic E-state index is -0.846. The summed E-state index contributed by atoms with van der Waals surface area (Å²) < 4.78 is 4.73. The van der Waals surface area contributed by atoms with Crippen LogP contribution in [0.25, 0.3) is 0 Å². The fraction of sp³-hybridized carbons (Fsp3) is 0.125. The molecule has 0 heterocycles. The molecule has 4 nitrogen and oxygen atoms in total. The summed E-state index contributed by atoms with van der Waals surface area (Å²) >= 11 is 1.51. The molecule has 0 amide bonds. The second-order valence-corrected chi connectivity index (χ2v) is 7.49. The van der Waals surface area contributed by atoms with E-state index in [1.54, 1.807) is 31.2 Å². The number of carbonyl (C=O) groups excluding carboxylic acids is 3. The molecule has 0 saturated carbocycles. The molecule has 0 aliphatic heterocycles. The zero-order chi connectivity index (χ0) is 20.8. The van der Waals surface area contributed by atoms with Crippen LogP contribution in [0.1, 0.15) is 38.8 Å². The van der Waals surface area contributed by atoms with Crippen molar-refractivity contribution in [2.45, 2.75) is 23.6 Å². The molecule has 0 fully saturated rings. The Balaban J connectivity index is 1.68. The van der Waals surface area contributed by atoms with Gasteiger partial charge in [0.15, 0.2) is 5.78 Å². The fourth-order valence-electron chi connectivity index (χ4n) is 2.78. The van der Waals surface area contributed by atoms with Crippen molar-refractivity contribution in [3.63, 3.8) is 0 Å². The van der Waals surface area contributed by atoms with Crippen LogP contribution in [0.15, 0.2) is 82.6 Å². The molecule has 0 N–H and O–H groups in total. The van der Waals surface area contributed by atoms with Crippen LogP contribution < -0.4 is 0 Å². The molecule has 0 spiro atoms. The second kappa shape index (κ2) is 9.34. The first-order chi connectivity index (χ1) is 14.0. The van der Waals surface area contributed by atoms with Gasteiger partial charge < -0.3 is 4.74 Å². The van der Waals surface area contributed by atoms with Crippen LogP contribution in [0.4, 0.5) is 0 Å². The van der Waals surface area contributed by atoms with E-state index >= 15 is 0 Å². The SMILES string of the molecule is CCOC(=O)C(=O)c1ccc(Sc2ccc(C(=O)c3ccccc3C)cc2)cc1. The number of carbonyl (C=O) groups is 3. The zero-order valence-electron chi connectivity index (χ0n) is 16.2. The lowest BCUT2D eigenvalue weighted by Gasteiger charge is -2.07. The maximum absolute atomic E-state index is 12.7. The van der Waals surface area contributed by atoms with Crippen molar-refractivity contribution in [1.29, 1.82) is 0 Å². The lowest BCUT2D eigenvalue weighted by atomic mass is 9.99. The van der Waals surface area contributed by atoms with E-state index in [0.29, 0.717) is 16.7 Å². The van der Waals surface area contributed by atoms with Crippen molar-refractivity contribution in [3.05, 3.63) is 95.1 Å². The highest BCUT2D eigenvalue weighted by Gasteiger charge is 2.17. The molecule has 3 aromatic rings. The molecule has 3 rings (SSSR count). The summed E-state index contributed by atoms with van der Waals surface area (Å²) in [5.41, 5.74) is 2.59. The quantitative estimate of drug-likeness (QED) is 0.311. The van der Waals surface area contributed by atoms with E-state index in [4.69, 9.17) is 4.74 Å². The van der Waals surface area contributed by atoms with Crippen LogP contribution in [0.5, 0.6) is 0 Å². The van der Waals surface area contributed by atoms with Gasteiger partial charge in [-0.25, -0.2) is 4.79 Å². The van der Waals surface area contributed by atoms with Crippen molar-refractivity contribution in [2.75, 3.05) is 6.61 Å². The van der Waals surface area contributed by atoms with Gasteiger partial charge in [-0.1, -0.05) is 36.0 Å². The van der Waals surface area contributed by atoms with Crippen molar-refractivity contribution in [2.24, 2.45) is 0 Å². The Morgan fingerprint density at radius 2 is 1.34 bits per heavy atom. The van der Waals surface area contributed by atoms with Crippen molar-refractivity contribution in [1.82, 2.24) is 0 Å². The van der Waals surface area contributed by atoms with Gasteiger partial charge in [-0.2, -0.15) is 0 Å². The first-order valence-electron chi connectivity index (χ1n) is 9.19. The van der Waals surface area contributed by atoms with Crippen LogP contribution in [0, 0.1) is 6.92 Å². The van der Waals surface area contributed by atoms with Crippen LogP contribution in [0.2, 0.25) is 0 Å². The van der Waals surface area contributed by atoms with E-state index in [1.807, 2.05) is 55.5 Å². The molecule has 0 atom stereocenters. The molecular weight excluding hydrogens is 384 g/mol. The van der Waals surface area contributed by atoms with Gasteiger partial charge in [0.2, 0.25) is 0 Å². The number of ketones is 2. The maximum atomic E-state index is 12.7. The van der Waals surface area contributed by atoms with E-state index < -0.39 is 11.8 Å². The largest absolute Gasteiger partial charge is 0.460 e. The lowest BCUT2D eigenvalue weighted by Crippen LogP contribution is -2.17. The van der Waals surface area contributed by atoms with Gasteiger partial charge in [0, 0.05) is 26.5 Å². The highest BCUT2D eigenvalue weighted by molar-refractivity contribution is 7.99. The van der Waals surface area contributed by atoms with Crippen LogP contribution >= 0.6 is 11.8 Å². The van der Waals surface area contributed by atoms with Crippen LogP contribution in [-0.4, -0.2) is 24.1 Å². The molecule has 0 aromatic heterocycles. The predicted molar refractivity (Wildman–Crippen MR) is 113 cm³/mol. The number of esters is 1. The Hall–Kier alpha value is -3.18. The molecule has 5 heteroatoms. The van der Waals surface area contributed by atoms with E-state index in [9.17, 15) is 14.4 Å². The number of ether oxygens (including phenoxy) is 1. The number of rotatable bonds is 7. The summed E-state index contributed by atoms with van der Waals surface area (Å²) in [5.74, 6) is -1.49. The molecule has 29 heavy (non-hydrogen) atoms. The average Bonchev–Trinajstić information content (AvgIpc) is 2.74. The molecule has 0 unspecified atom stereocenters. The Labute approximate surface area is 173 Å². The van der Waals surface area contributed by atoms with Gasteiger partial charge >= 0.3 is 5.97 Å². The first kappa shape index (κ1) is 20.6. The minimum absolute atomic E-state index is 0.00137. The van der Waals surface area contributed by atoms with Gasteiger partial charge in [0.25, 0.3) is 5.78 Å². The Morgan fingerprint density at radius 3 is 1.90 bits per heavy atom. The van der Waals surface area contributed by atoms with E-state index in [2.05, 4.69) is 0 Å². The third-order valence-corrected chi connectivity index (χ3v) is 5.33. The van der Waals surface area contributed by atoms with E-state index in [0.717, 1.165) is 15.4 Å². The highest BCUT2D eigenvalue weighted by Crippen LogP contribution is 2.28. The number of hydrogen-bond donors (Lipinski definition) is 0. The number of benzene rings is 3. The zero-order valence-corrected chi connectivity index (χ0v) is 17.0. The third kappa shape index (κ3) is 5.00. The topological polar surface area (TPSA) is 60.4 Å². The summed E-state index contributed by atoms with van der Waals surface area (Å²) in [6, 6.07) is 21.7. The first-order valence-corrected chi connectivity index (χ1v) is 10.0. The molecule has 0 aliphatic carbocycles. The van der Waals surface area contributed by atoms with Gasteiger partial charge in [-0.3, -0.25) is 9.59 Å². The van der Waals surface area contributed by atoms with Crippen LogP contribution in [0.3, 0.4) is 0 Å². The number of aryl methyl sites for hydroxylation is 1. The fourth-order valence-corrected chi connectivity index (χ4v) is 3.60. The highest BCUT2D eigenvalue weighted by atomic mass is 32.2. The smallest absolute Gasteiger partial charge is 0.379 e. The molecule has 0 bridgehead atoms.